The molecule has 1 aromatic carbocycles. The van der Waals surface area contributed by atoms with Crippen LogP contribution >= 0.6 is 0 Å². The number of nitro benzene ring substituents is 1. The molecule has 108 valence electrons. The van der Waals surface area contributed by atoms with Gasteiger partial charge in [0.25, 0.3) is 0 Å². The van der Waals surface area contributed by atoms with Gasteiger partial charge in [-0.05, 0) is 18.2 Å². The molecule has 21 heavy (non-hydrogen) atoms. The number of carbonyl (C=O) groups excluding carboxylic acids is 1. The van der Waals surface area contributed by atoms with Crippen molar-refractivity contribution in [2.24, 2.45) is 0 Å². The van der Waals surface area contributed by atoms with Crippen molar-refractivity contribution in [3.05, 3.63) is 58.2 Å². The van der Waals surface area contributed by atoms with Gasteiger partial charge < -0.3 is 4.74 Å². The van der Waals surface area contributed by atoms with Crippen molar-refractivity contribution < 1.29 is 18.8 Å². The van der Waals surface area contributed by atoms with E-state index in [1.54, 1.807) is 6.92 Å². The van der Waals surface area contributed by atoms with E-state index in [0.29, 0.717) is 17.9 Å². The lowest BCUT2D eigenvalue weighted by Gasteiger charge is -2.06. The fourth-order valence-corrected chi connectivity index (χ4v) is 1.62. The normalized spacial score (nSPS) is 10.2. The second kappa shape index (κ2) is 6.08. The number of ether oxygens (including phenoxy) is 1. The molecule has 6 nitrogen and oxygen atoms in total. The highest BCUT2D eigenvalue weighted by molar-refractivity contribution is 5.93. The van der Waals surface area contributed by atoms with Crippen molar-refractivity contribution in [3.63, 3.8) is 0 Å². The van der Waals surface area contributed by atoms with Gasteiger partial charge in [0.2, 0.25) is 5.82 Å². The van der Waals surface area contributed by atoms with Gasteiger partial charge in [0.1, 0.15) is 17.2 Å². The maximum absolute atomic E-state index is 13.4. The van der Waals surface area contributed by atoms with Crippen LogP contribution in [0.5, 0.6) is 11.5 Å². The highest BCUT2D eigenvalue weighted by Gasteiger charge is 2.14. The molecular formula is C14H11FN2O4. The second-order valence-electron chi connectivity index (χ2n) is 4.13. The molecule has 0 unspecified atom stereocenters. The van der Waals surface area contributed by atoms with Crippen LogP contribution in [0.1, 0.15) is 23.8 Å². The first-order valence-electron chi connectivity index (χ1n) is 6.12. The number of nitrogens with zero attached hydrogens (tertiary/aromatic N) is 2. The molecule has 0 saturated carbocycles. The van der Waals surface area contributed by atoms with Crippen LogP contribution in [0.3, 0.4) is 0 Å². The summed E-state index contributed by atoms with van der Waals surface area (Å²) in [5, 5.41) is 10.5. The summed E-state index contributed by atoms with van der Waals surface area (Å²) in [7, 11) is 0. The summed E-state index contributed by atoms with van der Waals surface area (Å²) >= 11 is 0. The maximum Gasteiger partial charge on any atom is 0.305 e. The fourth-order valence-electron chi connectivity index (χ4n) is 1.62. The fraction of sp³-hybridized carbons (Fsp3) is 0.143. The van der Waals surface area contributed by atoms with E-state index in [2.05, 4.69) is 4.98 Å². The quantitative estimate of drug-likeness (QED) is 0.478. The van der Waals surface area contributed by atoms with Crippen LogP contribution in [0.25, 0.3) is 0 Å². The molecule has 1 aromatic heterocycles. The standard InChI is InChI=1S/C14H11FN2O4/c1-2-14(18)12-5-3-10(8-16-12)21-9-4-6-13(17(19)20)11(15)7-9/h3-8H,2H2,1H3. The summed E-state index contributed by atoms with van der Waals surface area (Å²) in [5.41, 5.74) is -0.302. The number of Topliss-reactive ketones (excluding diaryl/α,β-unsaturated/α-hetero) is 1. The van der Waals surface area contributed by atoms with Crippen LogP contribution in [-0.4, -0.2) is 15.7 Å². The third-order valence-electron chi connectivity index (χ3n) is 2.69. The van der Waals surface area contributed by atoms with Crippen molar-refractivity contribution in [2.45, 2.75) is 13.3 Å². The van der Waals surface area contributed by atoms with Gasteiger partial charge in [-0.25, -0.2) is 4.98 Å². The predicted octanol–water partition coefficient (Wildman–Crippen LogP) is 3.51. The van der Waals surface area contributed by atoms with Crippen LogP contribution in [0.2, 0.25) is 0 Å². The van der Waals surface area contributed by atoms with E-state index in [1.807, 2.05) is 0 Å². The van der Waals surface area contributed by atoms with Crippen LogP contribution in [0.4, 0.5) is 10.1 Å². The Bertz CT molecular complexity index is 686. The average molecular weight is 290 g/mol. The van der Waals surface area contributed by atoms with E-state index >= 15 is 0 Å². The second-order valence-corrected chi connectivity index (χ2v) is 4.13. The molecule has 2 aromatic rings. The first-order chi connectivity index (χ1) is 10.0. The van der Waals surface area contributed by atoms with Gasteiger partial charge in [0.15, 0.2) is 5.78 Å². The maximum atomic E-state index is 13.4. The third kappa shape index (κ3) is 3.38. The van der Waals surface area contributed by atoms with Crippen LogP contribution in [0.15, 0.2) is 36.5 Å². The van der Waals surface area contributed by atoms with Crippen molar-refractivity contribution in [2.75, 3.05) is 0 Å². The van der Waals surface area contributed by atoms with Crippen LogP contribution in [0, 0.1) is 15.9 Å². The third-order valence-corrected chi connectivity index (χ3v) is 2.69. The molecule has 0 N–H and O–H groups in total. The number of carbonyl (C=O) groups is 1. The smallest absolute Gasteiger partial charge is 0.305 e. The number of aromatic nitrogens is 1. The molecule has 0 fully saturated rings. The number of ketones is 1. The molecule has 0 saturated heterocycles. The largest absolute Gasteiger partial charge is 0.456 e. The minimum absolute atomic E-state index is 0.0945. The first kappa shape index (κ1) is 14.6. The molecule has 0 aliphatic heterocycles. The Morgan fingerprint density at radius 2 is 2.05 bits per heavy atom. The van der Waals surface area contributed by atoms with Crippen LogP contribution < -0.4 is 4.74 Å². The Morgan fingerprint density at radius 3 is 2.57 bits per heavy atom. The summed E-state index contributed by atoms with van der Waals surface area (Å²) in [6, 6.07) is 6.25. The van der Waals surface area contributed by atoms with Crippen LogP contribution in [-0.2, 0) is 0 Å². The number of rotatable bonds is 5. The van der Waals surface area contributed by atoms with E-state index in [1.165, 1.54) is 24.4 Å². The van der Waals surface area contributed by atoms with Gasteiger partial charge >= 0.3 is 5.69 Å². The number of hydrogen-bond donors (Lipinski definition) is 0. The molecule has 0 aliphatic carbocycles. The van der Waals surface area contributed by atoms with Gasteiger partial charge in [-0.2, -0.15) is 4.39 Å². The zero-order chi connectivity index (χ0) is 15.4. The summed E-state index contributed by atoms with van der Waals surface area (Å²) in [6.45, 7) is 1.73. The molecule has 0 radical (unpaired) electrons. The zero-order valence-electron chi connectivity index (χ0n) is 11.1. The van der Waals surface area contributed by atoms with E-state index in [4.69, 9.17) is 4.74 Å². The SMILES string of the molecule is CCC(=O)c1ccc(Oc2ccc([N+](=O)[O-])c(F)c2)cn1. The molecule has 0 amide bonds. The Balaban J connectivity index is 2.17. The number of benzene rings is 1. The highest BCUT2D eigenvalue weighted by atomic mass is 19.1. The topological polar surface area (TPSA) is 82.3 Å². The zero-order valence-corrected chi connectivity index (χ0v) is 11.1. The Labute approximate surface area is 119 Å². The Hall–Kier alpha value is -2.83. The van der Waals surface area contributed by atoms with Gasteiger partial charge in [0, 0.05) is 18.6 Å². The minimum atomic E-state index is -0.983. The number of halogens is 1. The van der Waals surface area contributed by atoms with E-state index in [9.17, 15) is 19.3 Å². The molecule has 0 atom stereocenters. The molecule has 7 heteroatoms. The lowest BCUT2D eigenvalue weighted by molar-refractivity contribution is -0.387. The summed E-state index contributed by atoms with van der Waals surface area (Å²) in [5.74, 6) is -0.670. The van der Waals surface area contributed by atoms with Gasteiger partial charge in [-0.3, -0.25) is 14.9 Å². The molecular weight excluding hydrogens is 279 g/mol. The van der Waals surface area contributed by atoms with Crippen molar-refractivity contribution in [1.29, 1.82) is 0 Å². The average Bonchev–Trinajstić information content (AvgIpc) is 2.47. The monoisotopic (exact) mass is 290 g/mol. The highest BCUT2D eigenvalue weighted by Crippen LogP contribution is 2.26. The first-order valence-corrected chi connectivity index (χ1v) is 6.12. The molecule has 1 heterocycles. The van der Waals surface area contributed by atoms with Crippen molar-refractivity contribution in [1.82, 2.24) is 4.98 Å². The van der Waals surface area contributed by atoms with Crippen molar-refractivity contribution >= 4 is 11.5 Å². The van der Waals surface area contributed by atoms with E-state index < -0.39 is 16.4 Å². The van der Waals surface area contributed by atoms with Gasteiger partial charge in [-0.1, -0.05) is 6.92 Å². The minimum Gasteiger partial charge on any atom is -0.456 e. The molecule has 2 rings (SSSR count). The lowest BCUT2D eigenvalue weighted by Crippen LogP contribution is -1.99. The summed E-state index contributed by atoms with van der Waals surface area (Å²) < 4.78 is 18.8. The molecule has 0 spiro atoms. The van der Waals surface area contributed by atoms with Gasteiger partial charge in [-0.15, -0.1) is 0 Å². The number of nitro groups is 1. The van der Waals surface area contributed by atoms with E-state index in [-0.39, 0.29) is 11.5 Å². The van der Waals surface area contributed by atoms with Crippen molar-refractivity contribution in [3.8, 4) is 11.5 Å². The Kier molecular flexibility index (Phi) is 4.22. The number of pyridine rings is 1. The summed E-state index contributed by atoms with van der Waals surface area (Å²) in [6.07, 6.45) is 1.68. The summed E-state index contributed by atoms with van der Waals surface area (Å²) in [4.78, 5) is 25.0. The lowest BCUT2D eigenvalue weighted by atomic mass is 10.2. The van der Waals surface area contributed by atoms with E-state index in [0.717, 1.165) is 12.1 Å². The molecule has 0 aliphatic rings. The Morgan fingerprint density at radius 1 is 1.33 bits per heavy atom. The molecule has 0 bridgehead atoms. The number of hydrogen-bond acceptors (Lipinski definition) is 5. The predicted molar refractivity (Wildman–Crippen MR) is 72.0 cm³/mol. The van der Waals surface area contributed by atoms with Gasteiger partial charge in [0.05, 0.1) is 11.1 Å².